The Bertz CT molecular complexity index is 244. The second-order valence-corrected chi connectivity index (χ2v) is 4.24. The van der Waals surface area contributed by atoms with E-state index in [1.807, 2.05) is 0 Å². The van der Waals surface area contributed by atoms with Gasteiger partial charge in [-0.15, -0.1) is 12.3 Å². The fourth-order valence-corrected chi connectivity index (χ4v) is 2.04. The summed E-state index contributed by atoms with van der Waals surface area (Å²) in [6, 6.07) is 0. The lowest BCUT2D eigenvalue weighted by Crippen LogP contribution is -2.38. The van der Waals surface area contributed by atoms with Crippen LogP contribution in [0.15, 0.2) is 0 Å². The number of rotatable bonds is 2. The van der Waals surface area contributed by atoms with Crippen LogP contribution in [0.5, 0.6) is 0 Å². The molecule has 0 heterocycles. The lowest BCUT2D eigenvalue weighted by atomic mass is 9.76. The molecule has 1 aliphatic rings. The molecule has 0 unspecified atom stereocenters. The Balaban J connectivity index is 2.45. The molecule has 15 heavy (non-hydrogen) atoms. The predicted octanol–water partition coefficient (Wildman–Crippen LogP) is 2.88. The molecule has 0 aromatic heterocycles. The van der Waals surface area contributed by atoms with Crippen LogP contribution in [0.3, 0.4) is 0 Å². The van der Waals surface area contributed by atoms with Crippen LogP contribution in [0.25, 0.3) is 0 Å². The third-order valence-corrected chi connectivity index (χ3v) is 3.11. The third-order valence-electron chi connectivity index (χ3n) is 3.11. The normalized spacial score (nSPS) is 32.3. The zero-order valence-corrected chi connectivity index (χ0v) is 8.48. The number of terminal acetylenes is 1. The maximum Gasteiger partial charge on any atom is 0.391 e. The standard InChI is InChI=1S/C11H15F3O/c1-2-3-6-10(15)7-4-9(5-8-10)11(12,13)14/h1,9,15H,3-8H2. The highest BCUT2D eigenvalue weighted by atomic mass is 19.4. The van der Waals surface area contributed by atoms with E-state index in [2.05, 4.69) is 5.92 Å². The van der Waals surface area contributed by atoms with Gasteiger partial charge in [-0.1, -0.05) is 0 Å². The van der Waals surface area contributed by atoms with E-state index in [4.69, 9.17) is 6.42 Å². The van der Waals surface area contributed by atoms with Crippen LogP contribution in [-0.2, 0) is 0 Å². The minimum atomic E-state index is -4.12. The van der Waals surface area contributed by atoms with Crippen LogP contribution in [0.1, 0.15) is 38.5 Å². The van der Waals surface area contributed by atoms with Crippen LogP contribution >= 0.6 is 0 Å². The average Bonchev–Trinajstić information content (AvgIpc) is 2.14. The van der Waals surface area contributed by atoms with E-state index in [-0.39, 0.29) is 25.7 Å². The first-order valence-corrected chi connectivity index (χ1v) is 5.10. The molecule has 0 aromatic rings. The quantitative estimate of drug-likeness (QED) is 0.709. The van der Waals surface area contributed by atoms with Crippen molar-refractivity contribution in [2.24, 2.45) is 5.92 Å². The zero-order chi connectivity index (χ0) is 11.5. The van der Waals surface area contributed by atoms with Gasteiger partial charge in [0.05, 0.1) is 11.5 Å². The van der Waals surface area contributed by atoms with Gasteiger partial charge in [-0.25, -0.2) is 0 Å². The van der Waals surface area contributed by atoms with Gasteiger partial charge in [0.15, 0.2) is 0 Å². The molecular formula is C11H15F3O. The summed E-state index contributed by atoms with van der Waals surface area (Å²) in [6.07, 6.45) is 2.23. The topological polar surface area (TPSA) is 20.2 Å². The summed E-state index contributed by atoms with van der Waals surface area (Å²) >= 11 is 0. The average molecular weight is 220 g/mol. The van der Waals surface area contributed by atoms with Gasteiger partial charge in [0.1, 0.15) is 0 Å². The van der Waals surface area contributed by atoms with E-state index in [1.165, 1.54) is 0 Å². The Morgan fingerprint density at radius 1 is 1.33 bits per heavy atom. The molecule has 0 spiro atoms. The van der Waals surface area contributed by atoms with Crippen LogP contribution in [0.4, 0.5) is 13.2 Å². The predicted molar refractivity (Wildman–Crippen MR) is 51.0 cm³/mol. The fraction of sp³-hybridized carbons (Fsp3) is 0.818. The molecule has 0 aromatic carbocycles. The first-order valence-electron chi connectivity index (χ1n) is 5.10. The molecule has 1 fully saturated rings. The molecule has 1 N–H and O–H groups in total. The maximum absolute atomic E-state index is 12.3. The van der Waals surface area contributed by atoms with E-state index in [9.17, 15) is 18.3 Å². The van der Waals surface area contributed by atoms with E-state index in [0.717, 1.165) is 0 Å². The minimum absolute atomic E-state index is 0.0184. The van der Waals surface area contributed by atoms with Crippen molar-refractivity contribution in [3.63, 3.8) is 0 Å². The molecule has 0 aliphatic heterocycles. The molecule has 1 aliphatic carbocycles. The first-order chi connectivity index (χ1) is 6.87. The monoisotopic (exact) mass is 220 g/mol. The summed E-state index contributed by atoms with van der Waals surface area (Å²) < 4.78 is 37.0. The molecule has 0 bridgehead atoms. The summed E-state index contributed by atoms with van der Waals surface area (Å²) in [5.74, 6) is 1.15. The van der Waals surface area contributed by atoms with Crippen molar-refractivity contribution in [1.82, 2.24) is 0 Å². The van der Waals surface area contributed by atoms with Gasteiger partial charge in [-0.3, -0.25) is 0 Å². The number of halogens is 3. The number of hydrogen-bond donors (Lipinski definition) is 1. The molecule has 0 radical (unpaired) electrons. The highest BCUT2D eigenvalue weighted by molar-refractivity contribution is 4.92. The second-order valence-electron chi connectivity index (χ2n) is 4.24. The second kappa shape index (κ2) is 4.44. The first kappa shape index (κ1) is 12.4. The van der Waals surface area contributed by atoms with Gasteiger partial charge >= 0.3 is 6.18 Å². The van der Waals surface area contributed by atoms with E-state index in [1.54, 1.807) is 0 Å². The maximum atomic E-state index is 12.3. The van der Waals surface area contributed by atoms with Crippen LogP contribution in [0.2, 0.25) is 0 Å². The molecule has 4 heteroatoms. The SMILES string of the molecule is C#CCCC1(O)CCC(C(F)(F)F)CC1. The van der Waals surface area contributed by atoms with Gasteiger partial charge in [-0.05, 0) is 32.1 Å². The van der Waals surface area contributed by atoms with Gasteiger partial charge < -0.3 is 5.11 Å². The van der Waals surface area contributed by atoms with Gasteiger partial charge in [0.25, 0.3) is 0 Å². The zero-order valence-electron chi connectivity index (χ0n) is 8.48. The van der Waals surface area contributed by atoms with Crippen LogP contribution in [-0.4, -0.2) is 16.9 Å². The van der Waals surface area contributed by atoms with Crippen molar-refractivity contribution in [3.05, 3.63) is 0 Å². The molecule has 0 amide bonds. The molecule has 1 rings (SSSR count). The van der Waals surface area contributed by atoms with Crippen molar-refractivity contribution in [1.29, 1.82) is 0 Å². The van der Waals surface area contributed by atoms with Crippen LogP contribution in [0, 0.1) is 18.3 Å². The highest BCUT2D eigenvalue weighted by Gasteiger charge is 2.44. The molecule has 86 valence electrons. The van der Waals surface area contributed by atoms with E-state index < -0.39 is 17.7 Å². The van der Waals surface area contributed by atoms with Crippen molar-refractivity contribution in [3.8, 4) is 12.3 Å². The fourth-order valence-electron chi connectivity index (χ4n) is 2.04. The lowest BCUT2D eigenvalue weighted by molar-refractivity contribution is -0.192. The van der Waals surface area contributed by atoms with Crippen LogP contribution < -0.4 is 0 Å². The Labute approximate surface area is 87.7 Å². The minimum Gasteiger partial charge on any atom is -0.390 e. The third kappa shape index (κ3) is 3.42. The number of hydrogen-bond acceptors (Lipinski definition) is 1. The van der Waals surface area contributed by atoms with E-state index >= 15 is 0 Å². The molecule has 0 atom stereocenters. The molecular weight excluding hydrogens is 205 g/mol. The highest BCUT2D eigenvalue weighted by Crippen LogP contribution is 2.42. The number of alkyl halides is 3. The summed E-state index contributed by atoms with van der Waals surface area (Å²) in [5.41, 5.74) is -0.964. The van der Waals surface area contributed by atoms with Gasteiger partial charge in [0, 0.05) is 6.42 Å². The van der Waals surface area contributed by atoms with Crippen molar-refractivity contribution < 1.29 is 18.3 Å². The van der Waals surface area contributed by atoms with Crippen molar-refractivity contribution in [2.75, 3.05) is 0 Å². The summed E-state index contributed by atoms with van der Waals surface area (Å²) in [5, 5.41) is 9.92. The Hall–Kier alpha value is -0.690. The summed E-state index contributed by atoms with van der Waals surface area (Å²) in [6.45, 7) is 0. The van der Waals surface area contributed by atoms with Gasteiger partial charge in [-0.2, -0.15) is 13.2 Å². The molecule has 1 nitrogen and oxygen atoms in total. The van der Waals surface area contributed by atoms with Gasteiger partial charge in [0.2, 0.25) is 0 Å². The Morgan fingerprint density at radius 2 is 1.87 bits per heavy atom. The molecule has 0 saturated heterocycles. The van der Waals surface area contributed by atoms with Crippen molar-refractivity contribution >= 4 is 0 Å². The summed E-state index contributed by atoms with van der Waals surface area (Å²) in [4.78, 5) is 0. The number of aliphatic hydroxyl groups is 1. The summed E-state index contributed by atoms with van der Waals surface area (Å²) in [7, 11) is 0. The Kier molecular flexibility index (Phi) is 3.67. The van der Waals surface area contributed by atoms with Crippen molar-refractivity contribution in [2.45, 2.75) is 50.3 Å². The largest absolute Gasteiger partial charge is 0.391 e. The Morgan fingerprint density at radius 3 is 2.27 bits per heavy atom. The lowest BCUT2D eigenvalue weighted by Gasteiger charge is -2.36. The van der Waals surface area contributed by atoms with E-state index in [0.29, 0.717) is 12.8 Å². The smallest absolute Gasteiger partial charge is 0.390 e. The molecule has 1 saturated carbocycles.